The zero-order valence-electron chi connectivity index (χ0n) is 54.0. The number of carbonyl (C=O) groups is 3. The first-order chi connectivity index (χ1) is 44.1. The number of ether oxygens (including phenoxy) is 5. The van der Waals surface area contributed by atoms with Crippen LogP contribution in [0.3, 0.4) is 0 Å². The van der Waals surface area contributed by atoms with Gasteiger partial charge in [0.2, 0.25) is 11.8 Å². The SMILES string of the molecule is CCCOc1cc(OCCCCN(C)CC(=O)NCCC(=O)NCCN2CCN(c3ccc(-c4cc(NC(C)C)c(C=N)c(C(=O)NCc5c(C)cc(C)[nH]c5=O)c4)cn3)CC2)cc(Oc2cc3c(cc2NS(=O)(=O)c2ccc(OC)c(OC)c2)n(C)c(=O)n3C)c1. The van der Waals surface area contributed by atoms with Crippen LogP contribution >= 0.6 is 0 Å². The average Bonchev–Trinajstić information content (AvgIpc) is 1.65. The lowest BCUT2D eigenvalue weighted by atomic mass is 9.97. The number of H-pyrrole nitrogens is 1. The van der Waals surface area contributed by atoms with E-state index in [1.165, 1.54) is 47.8 Å². The molecule has 1 saturated heterocycles. The third-order valence-corrected chi connectivity index (χ3v) is 17.0. The third kappa shape index (κ3) is 17.8. The molecule has 4 heterocycles. The van der Waals surface area contributed by atoms with Crippen LogP contribution in [0.4, 0.5) is 17.2 Å². The molecule has 7 N–H and O–H groups in total. The number of pyridine rings is 2. The van der Waals surface area contributed by atoms with E-state index in [9.17, 15) is 32.4 Å². The number of piperazine rings is 1. The number of hydrogen-bond donors (Lipinski definition) is 7. The predicted octanol–water partition coefficient (Wildman–Crippen LogP) is 6.93. The minimum atomic E-state index is -4.23. The van der Waals surface area contributed by atoms with Crippen molar-refractivity contribution in [3.63, 3.8) is 0 Å². The number of benzene rings is 4. The van der Waals surface area contributed by atoms with Gasteiger partial charge < -0.3 is 60.2 Å². The van der Waals surface area contributed by atoms with Crippen molar-refractivity contribution >= 4 is 62.2 Å². The van der Waals surface area contributed by atoms with Gasteiger partial charge in [-0.25, -0.2) is 18.2 Å². The van der Waals surface area contributed by atoms with Crippen LogP contribution in [0.25, 0.3) is 22.2 Å². The maximum Gasteiger partial charge on any atom is 0.328 e. The van der Waals surface area contributed by atoms with Crippen LogP contribution in [0.5, 0.6) is 34.5 Å². The third-order valence-electron chi connectivity index (χ3n) is 15.6. The van der Waals surface area contributed by atoms with Gasteiger partial charge in [-0.3, -0.25) is 42.8 Å². The summed E-state index contributed by atoms with van der Waals surface area (Å²) in [7, 11) is 3.70. The summed E-state index contributed by atoms with van der Waals surface area (Å²) in [5.41, 5.74) is 5.40. The molecular weight excluding hydrogens is 1200 g/mol. The minimum absolute atomic E-state index is 0.0278. The van der Waals surface area contributed by atoms with E-state index in [1.54, 1.807) is 56.7 Å². The zero-order valence-corrected chi connectivity index (χ0v) is 54.9. The monoisotopic (exact) mass is 1280 g/mol. The van der Waals surface area contributed by atoms with Crippen LogP contribution < -0.4 is 65.8 Å². The number of unbranched alkanes of at least 4 members (excludes halogenated alkanes) is 1. The van der Waals surface area contributed by atoms with E-state index in [0.717, 1.165) is 60.8 Å². The molecule has 8 rings (SSSR count). The summed E-state index contributed by atoms with van der Waals surface area (Å²) in [6, 6.07) is 22.0. The summed E-state index contributed by atoms with van der Waals surface area (Å²) in [5.74, 6) is 1.99. The molecular formula is C66H85N13O12S. The number of likely N-dealkylation sites (N-methyl/N-ethyl adjacent to an activating group) is 1. The molecule has 1 aliphatic heterocycles. The van der Waals surface area contributed by atoms with Crippen molar-refractivity contribution in [1.29, 1.82) is 5.41 Å². The van der Waals surface area contributed by atoms with E-state index in [4.69, 9.17) is 34.1 Å². The lowest BCUT2D eigenvalue weighted by molar-refractivity contribution is -0.122. The Morgan fingerprint density at radius 1 is 0.772 bits per heavy atom. The quantitative estimate of drug-likeness (QED) is 0.0166. The van der Waals surface area contributed by atoms with E-state index in [0.29, 0.717) is 102 Å². The standard InChI is InChI=1S/C66H85N13O12S/c1-11-27-89-47-32-48(34-49(33-47)91-59-37-57-56(76(7)66(84)77(57)8)36-55(59)74-92(85,86)50-15-16-58(87-9)60(35-50)88-10)90-28-13-12-21-75(6)41-63(81)68-19-18-62(80)69-20-22-78-23-25-79(26-24-78)61-17-14-45(39-70-61)46-30-51(52(38-67)54(31-46)72-42(2)3)64(82)71-40-53-43(4)29-44(5)73-65(53)83/h14-17,29-39,42,67,72,74H,11-13,18-28,40-41H2,1-10H3,(H,68,81)(H,69,80)(H,71,82)(H,73,83). The van der Waals surface area contributed by atoms with Gasteiger partial charge >= 0.3 is 5.69 Å². The molecule has 0 aliphatic carbocycles. The van der Waals surface area contributed by atoms with Gasteiger partial charge in [0.25, 0.3) is 21.5 Å². The summed E-state index contributed by atoms with van der Waals surface area (Å²) < 4.78 is 62.6. The summed E-state index contributed by atoms with van der Waals surface area (Å²) in [5, 5.41) is 20.3. The highest BCUT2D eigenvalue weighted by Crippen LogP contribution is 2.39. The number of methoxy groups -OCH3 is 2. The predicted molar refractivity (Wildman–Crippen MR) is 356 cm³/mol. The van der Waals surface area contributed by atoms with Gasteiger partial charge in [0.05, 0.1) is 61.2 Å². The highest BCUT2D eigenvalue weighted by molar-refractivity contribution is 7.92. The number of anilines is 3. The number of amides is 3. The molecule has 0 unspecified atom stereocenters. The Bertz CT molecular complexity index is 4010. The molecule has 3 amide bonds. The van der Waals surface area contributed by atoms with Crippen LogP contribution in [0.15, 0.2) is 99.5 Å². The van der Waals surface area contributed by atoms with Crippen molar-refractivity contribution in [3.05, 3.63) is 134 Å². The second-order valence-electron chi connectivity index (χ2n) is 23.0. The van der Waals surface area contributed by atoms with Crippen LogP contribution in [0.1, 0.15) is 79.2 Å². The Kier molecular flexibility index (Phi) is 23.5. The lowest BCUT2D eigenvalue weighted by Crippen LogP contribution is -2.48. The van der Waals surface area contributed by atoms with Gasteiger partial charge in [0.1, 0.15) is 23.1 Å². The van der Waals surface area contributed by atoms with E-state index >= 15 is 0 Å². The second-order valence-corrected chi connectivity index (χ2v) is 24.7. The second kappa shape index (κ2) is 31.6. The maximum absolute atomic E-state index is 13.9. The Balaban J connectivity index is 0.749. The molecule has 0 atom stereocenters. The van der Waals surface area contributed by atoms with Crippen molar-refractivity contribution in [3.8, 4) is 45.6 Å². The van der Waals surface area contributed by atoms with Crippen molar-refractivity contribution < 1.29 is 46.5 Å². The summed E-state index contributed by atoms with van der Waals surface area (Å²) >= 11 is 0. The van der Waals surface area contributed by atoms with Crippen molar-refractivity contribution in [2.75, 3.05) is 108 Å². The number of nitrogens with zero attached hydrogens (tertiary/aromatic N) is 6. The first kappa shape index (κ1) is 68.5. The normalized spacial score (nSPS) is 12.6. The molecule has 0 radical (unpaired) electrons. The average molecular weight is 1280 g/mol. The van der Waals surface area contributed by atoms with E-state index in [2.05, 4.69) is 40.8 Å². The van der Waals surface area contributed by atoms with Gasteiger partial charge in [-0.2, -0.15) is 0 Å². The number of aromatic amines is 1. The van der Waals surface area contributed by atoms with Gasteiger partial charge in [-0.15, -0.1) is 0 Å². The number of rotatable bonds is 32. The molecule has 1 fully saturated rings. The highest BCUT2D eigenvalue weighted by Gasteiger charge is 2.25. The molecule has 0 spiro atoms. The molecule has 1 aliphatic rings. The highest BCUT2D eigenvalue weighted by atomic mass is 32.2. The molecule has 0 saturated carbocycles. The number of carbonyl (C=O) groups excluding carboxylic acids is 3. The molecule has 4 aromatic carbocycles. The number of sulfonamides is 1. The fraction of sp³-hybridized carbons (Fsp3) is 0.409. The Morgan fingerprint density at radius 3 is 2.13 bits per heavy atom. The first-order valence-corrected chi connectivity index (χ1v) is 32.2. The van der Waals surface area contributed by atoms with Gasteiger partial charge in [0.15, 0.2) is 17.2 Å². The summed E-state index contributed by atoms with van der Waals surface area (Å²) in [4.78, 5) is 79.0. The number of hydrogen-bond acceptors (Lipinski definition) is 18. The van der Waals surface area contributed by atoms with Gasteiger partial charge in [-0.1, -0.05) is 6.92 Å². The van der Waals surface area contributed by atoms with Crippen LogP contribution in [0, 0.1) is 19.3 Å². The molecule has 92 heavy (non-hydrogen) atoms. The van der Waals surface area contributed by atoms with Gasteiger partial charge in [-0.05, 0) is 120 Å². The van der Waals surface area contributed by atoms with E-state index in [1.807, 2.05) is 70.8 Å². The largest absolute Gasteiger partial charge is 0.493 e. The number of nitrogens with one attached hydrogen (secondary N) is 7. The molecule has 3 aromatic heterocycles. The Hall–Kier alpha value is -9.40. The number of imidazole rings is 1. The smallest absolute Gasteiger partial charge is 0.328 e. The number of aryl methyl sites for hydroxylation is 4. The molecule has 0 bridgehead atoms. The van der Waals surface area contributed by atoms with Crippen molar-refractivity contribution in [1.82, 2.24) is 44.9 Å². The molecule has 492 valence electrons. The van der Waals surface area contributed by atoms with Crippen molar-refractivity contribution in [2.45, 2.75) is 77.8 Å². The van der Waals surface area contributed by atoms with E-state index < -0.39 is 15.9 Å². The van der Waals surface area contributed by atoms with Crippen molar-refractivity contribution in [2.24, 2.45) is 14.1 Å². The van der Waals surface area contributed by atoms with Crippen LogP contribution in [0.2, 0.25) is 0 Å². The molecule has 26 heteroatoms. The van der Waals surface area contributed by atoms with Crippen LogP contribution in [-0.4, -0.2) is 161 Å². The first-order valence-electron chi connectivity index (χ1n) is 30.7. The Morgan fingerprint density at radius 2 is 1.47 bits per heavy atom. The summed E-state index contributed by atoms with van der Waals surface area (Å²) in [6.45, 7) is 15.5. The Labute approximate surface area is 536 Å². The lowest BCUT2D eigenvalue weighted by Gasteiger charge is -2.35. The minimum Gasteiger partial charge on any atom is -0.493 e. The number of fused-ring (bicyclic) bond motifs is 1. The fourth-order valence-electron chi connectivity index (χ4n) is 10.7. The topological polar surface area (TPSA) is 298 Å². The fourth-order valence-corrected chi connectivity index (χ4v) is 11.8. The zero-order chi connectivity index (χ0) is 66.2. The molecule has 25 nitrogen and oxygen atoms in total. The van der Waals surface area contributed by atoms with Crippen LogP contribution in [-0.2, 0) is 40.3 Å². The van der Waals surface area contributed by atoms with Gasteiger partial charge in [0, 0.05) is 150 Å². The maximum atomic E-state index is 13.9. The summed E-state index contributed by atoms with van der Waals surface area (Å²) in [6.07, 6.45) is 5.22. The molecule has 7 aromatic rings. The van der Waals surface area contributed by atoms with E-state index in [-0.39, 0.29) is 77.2 Å². The number of aromatic nitrogens is 4.